The quantitative estimate of drug-likeness (QED) is 0.0956. The molecule has 0 unspecified atom stereocenters. The number of benzene rings is 4. The lowest BCUT2D eigenvalue weighted by Crippen LogP contribution is -2.20. The second-order valence-electron chi connectivity index (χ2n) is 9.55. The number of halogens is 1. The van der Waals surface area contributed by atoms with Gasteiger partial charge in [0.15, 0.2) is 5.75 Å². The molecule has 0 aliphatic heterocycles. The van der Waals surface area contributed by atoms with Crippen LogP contribution in [0.15, 0.2) is 92.8 Å². The number of aliphatic hydroxyl groups is 1. The minimum Gasteiger partial charge on any atom is -0.505 e. The number of rotatable bonds is 10. The topological polar surface area (TPSA) is 228 Å². The Morgan fingerprint density at radius 2 is 1.59 bits per heavy atom. The number of fused-ring (bicyclic) bond motifs is 1. The third-order valence-corrected chi connectivity index (χ3v) is 8.30. The number of aromatic nitrogens is 3. The molecular weight excluding hydrogens is 645 g/mol. The Hall–Kier alpha value is -5.14. The van der Waals surface area contributed by atoms with Crippen LogP contribution < -0.4 is 10.2 Å². The number of anilines is 4. The van der Waals surface area contributed by atoms with Crippen molar-refractivity contribution >= 4 is 65.7 Å². The van der Waals surface area contributed by atoms with Crippen molar-refractivity contribution in [3.05, 3.63) is 84.4 Å². The third kappa shape index (κ3) is 6.90. The van der Waals surface area contributed by atoms with Crippen LogP contribution in [0.5, 0.6) is 5.75 Å². The molecule has 1 heterocycles. The molecule has 0 amide bonds. The summed E-state index contributed by atoms with van der Waals surface area (Å²) in [6.07, 6.45) is -1.06. The van der Waals surface area contributed by atoms with Crippen molar-refractivity contribution in [1.29, 1.82) is 0 Å². The van der Waals surface area contributed by atoms with Gasteiger partial charge >= 0.3 is 6.08 Å². The Morgan fingerprint density at radius 1 is 0.870 bits per heavy atom. The maximum absolute atomic E-state index is 14.5. The Labute approximate surface area is 261 Å². The van der Waals surface area contributed by atoms with Crippen molar-refractivity contribution in [3.8, 4) is 5.75 Å². The summed E-state index contributed by atoms with van der Waals surface area (Å²) in [5.41, 5.74) is -0.0995. The SMILES string of the molecule is CCN(c1ccccc1)c1nc(F)nc(Nc2ccc3c(O)c(/N=N/c4ccc(CO)cc4S(=O)(=O)O)c(S(=O)(=O)O)cc3c2)n1. The average molecular weight is 670 g/mol. The average Bonchev–Trinajstić information content (AvgIpc) is 3.00. The van der Waals surface area contributed by atoms with Crippen molar-refractivity contribution in [3.63, 3.8) is 0 Å². The van der Waals surface area contributed by atoms with E-state index in [1.807, 2.05) is 13.0 Å². The number of hydrogen-bond donors (Lipinski definition) is 5. The molecule has 18 heteroatoms. The van der Waals surface area contributed by atoms with Gasteiger partial charge in [0.25, 0.3) is 20.2 Å². The van der Waals surface area contributed by atoms with E-state index in [0.717, 1.165) is 18.2 Å². The van der Waals surface area contributed by atoms with Crippen LogP contribution in [-0.4, -0.2) is 57.7 Å². The molecule has 0 aliphatic rings. The van der Waals surface area contributed by atoms with E-state index in [4.69, 9.17) is 0 Å². The van der Waals surface area contributed by atoms with Crippen LogP contribution in [0.4, 0.5) is 39.0 Å². The molecule has 5 rings (SSSR count). The van der Waals surface area contributed by atoms with E-state index >= 15 is 0 Å². The number of aromatic hydroxyl groups is 1. The van der Waals surface area contributed by atoms with E-state index in [0.29, 0.717) is 12.2 Å². The van der Waals surface area contributed by atoms with Crippen molar-refractivity contribution in [2.45, 2.75) is 23.3 Å². The zero-order valence-electron chi connectivity index (χ0n) is 23.6. The van der Waals surface area contributed by atoms with Gasteiger partial charge in [0.1, 0.15) is 21.2 Å². The van der Waals surface area contributed by atoms with Gasteiger partial charge in [-0.3, -0.25) is 9.11 Å². The number of nitrogens with one attached hydrogen (secondary N) is 1. The van der Waals surface area contributed by atoms with Crippen LogP contribution in [0.2, 0.25) is 0 Å². The van der Waals surface area contributed by atoms with E-state index in [1.54, 1.807) is 29.2 Å². The Kier molecular flexibility index (Phi) is 8.90. The van der Waals surface area contributed by atoms with Gasteiger partial charge in [0, 0.05) is 23.3 Å². The molecule has 0 saturated heterocycles. The number of para-hydroxylation sites is 1. The van der Waals surface area contributed by atoms with E-state index in [-0.39, 0.29) is 33.9 Å². The highest BCUT2D eigenvalue weighted by Crippen LogP contribution is 2.42. The summed E-state index contributed by atoms with van der Waals surface area (Å²) in [4.78, 5) is 11.8. The fourth-order valence-corrected chi connectivity index (χ4v) is 5.80. The number of phenols is 1. The molecule has 0 bridgehead atoms. The second-order valence-corrected chi connectivity index (χ2v) is 12.3. The monoisotopic (exact) mass is 669 g/mol. The standard InChI is InChI=1S/C28H24FN7O8S2/c1-2-36(19-6-4-3-5-7-19)28-32-26(29)31-27(33-28)30-18-9-10-20-17(13-18)14-23(46(42,43)44)24(25(20)38)35-34-21-11-8-16(15-37)12-22(21)45(39,40)41/h3-14,37-38H,2,15H2,1H3,(H,39,40,41)(H,42,43,44)(H,30,31,32,33)/b35-34+. The van der Waals surface area contributed by atoms with Crippen LogP contribution in [0, 0.1) is 6.08 Å². The second kappa shape index (κ2) is 12.7. The van der Waals surface area contributed by atoms with Gasteiger partial charge < -0.3 is 20.4 Å². The van der Waals surface area contributed by atoms with Crippen LogP contribution in [-0.2, 0) is 26.8 Å². The van der Waals surface area contributed by atoms with Gasteiger partial charge in [-0.05, 0) is 66.4 Å². The summed E-state index contributed by atoms with van der Waals surface area (Å²) in [6, 6.07) is 17.5. The summed E-state index contributed by atoms with van der Waals surface area (Å²) in [5, 5.41) is 30.6. The van der Waals surface area contributed by atoms with Gasteiger partial charge in [-0.15, -0.1) is 10.2 Å². The zero-order chi connectivity index (χ0) is 33.2. The molecule has 46 heavy (non-hydrogen) atoms. The molecule has 4 aromatic carbocycles. The lowest BCUT2D eigenvalue weighted by Gasteiger charge is -2.21. The normalized spacial score (nSPS) is 12.1. The number of aliphatic hydroxyl groups excluding tert-OH is 1. The number of azo groups is 1. The Balaban J connectivity index is 1.55. The molecule has 1 aromatic heterocycles. The molecule has 238 valence electrons. The first-order chi connectivity index (χ1) is 21.8. The molecule has 0 aliphatic carbocycles. The van der Waals surface area contributed by atoms with Crippen LogP contribution >= 0.6 is 0 Å². The van der Waals surface area contributed by atoms with Crippen molar-refractivity contribution in [1.82, 2.24) is 15.0 Å². The fourth-order valence-electron chi connectivity index (χ4n) is 4.47. The largest absolute Gasteiger partial charge is 0.505 e. The Bertz CT molecular complexity index is 2200. The highest BCUT2D eigenvalue weighted by Gasteiger charge is 2.23. The fraction of sp³-hybridized carbons (Fsp3) is 0.107. The predicted molar refractivity (Wildman–Crippen MR) is 164 cm³/mol. The number of phenolic OH excluding ortho intramolecular Hbond substituents is 1. The summed E-state index contributed by atoms with van der Waals surface area (Å²) in [7, 11) is -9.90. The highest BCUT2D eigenvalue weighted by molar-refractivity contribution is 7.86. The minimum atomic E-state index is -5.05. The van der Waals surface area contributed by atoms with Crippen LogP contribution in [0.3, 0.4) is 0 Å². The Morgan fingerprint density at radius 3 is 2.24 bits per heavy atom. The molecular formula is C28H24FN7O8S2. The highest BCUT2D eigenvalue weighted by atomic mass is 32.2. The number of nitrogens with zero attached hydrogens (tertiary/aromatic N) is 6. The van der Waals surface area contributed by atoms with E-state index in [2.05, 4.69) is 30.5 Å². The van der Waals surface area contributed by atoms with Crippen molar-refractivity contribution < 1.29 is 40.5 Å². The summed E-state index contributed by atoms with van der Waals surface area (Å²) in [6.45, 7) is 1.69. The molecule has 15 nitrogen and oxygen atoms in total. The number of hydrogen-bond acceptors (Lipinski definition) is 13. The lowest BCUT2D eigenvalue weighted by atomic mass is 10.1. The summed E-state index contributed by atoms with van der Waals surface area (Å²) < 4.78 is 82.4. The van der Waals surface area contributed by atoms with Gasteiger partial charge in [-0.2, -0.15) is 36.2 Å². The minimum absolute atomic E-state index is 0.0222. The van der Waals surface area contributed by atoms with Gasteiger partial charge in [-0.25, -0.2) is 0 Å². The van der Waals surface area contributed by atoms with E-state index < -0.39 is 59.8 Å². The molecule has 5 aromatic rings. The smallest absolute Gasteiger partial charge is 0.315 e. The van der Waals surface area contributed by atoms with Gasteiger partial charge in [-0.1, -0.05) is 24.3 Å². The molecule has 0 fully saturated rings. The zero-order valence-corrected chi connectivity index (χ0v) is 25.3. The van der Waals surface area contributed by atoms with Crippen molar-refractivity contribution in [2.75, 3.05) is 16.8 Å². The summed E-state index contributed by atoms with van der Waals surface area (Å²) >= 11 is 0. The molecule has 5 N–H and O–H groups in total. The lowest BCUT2D eigenvalue weighted by molar-refractivity contribution is 0.281. The van der Waals surface area contributed by atoms with Crippen LogP contribution in [0.25, 0.3) is 10.8 Å². The van der Waals surface area contributed by atoms with E-state index in [9.17, 15) is 40.5 Å². The maximum Gasteiger partial charge on any atom is 0.315 e. The van der Waals surface area contributed by atoms with Gasteiger partial charge in [0.05, 0.1) is 6.61 Å². The third-order valence-electron chi connectivity index (χ3n) is 6.55. The predicted octanol–water partition coefficient (Wildman–Crippen LogP) is 5.17. The van der Waals surface area contributed by atoms with Crippen molar-refractivity contribution in [2.24, 2.45) is 10.2 Å². The first kappa shape index (κ1) is 32.3. The van der Waals surface area contributed by atoms with Crippen LogP contribution in [0.1, 0.15) is 12.5 Å². The molecule has 0 spiro atoms. The first-order valence-corrected chi connectivity index (χ1v) is 16.1. The molecule has 0 atom stereocenters. The van der Waals surface area contributed by atoms with Gasteiger partial charge in [0.2, 0.25) is 11.9 Å². The summed E-state index contributed by atoms with van der Waals surface area (Å²) in [5.74, 6) is -0.896. The van der Waals surface area contributed by atoms with E-state index in [1.165, 1.54) is 24.3 Å². The maximum atomic E-state index is 14.5. The first-order valence-electron chi connectivity index (χ1n) is 13.2. The molecule has 0 saturated carbocycles. The molecule has 0 radical (unpaired) electrons.